The number of methoxy groups -OCH3 is 1. The van der Waals surface area contributed by atoms with Crippen LogP contribution in [0.4, 0.5) is 0 Å². The van der Waals surface area contributed by atoms with E-state index in [1.54, 1.807) is 7.11 Å². The minimum Gasteiger partial charge on any atom is -0.382 e. The summed E-state index contributed by atoms with van der Waals surface area (Å²) in [5.74, 6) is 0.743. The summed E-state index contributed by atoms with van der Waals surface area (Å²) in [6, 6.07) is 0. The predicted octanol–water partition coefficient (Wildman–Crippen LogP) is 1.51. The molecule has 0 spiro atoms. The first-order chi connectivity index (χ1) is 6.43. The van der Waals surface area contributed by atoms with E-state index in [2.05, 4.69) is 17.6 Å². The highest BCUT2D eigenvalue weighted by molar-refractivity contribution is 4.90. The predicted molar refractivity (Wildman–Crippen MR) is 52.3 cm³/mol. The Balaban J connectivity index is 1.90. The van der Waals surface area contributed by atoms with Crippen LogP contribution >= 0.6 is 0 Å². The normalized spacial score (nSPS) is 22.1. The molecule has 0 heterocycles. The van der Waals surface area contributed by atoms with Crippen molar-refractivity contribution in [3.63, 3.8) is 0 Å². The number of rotatable bonds is 6. The van der Waals surface area contributed by atoms with Crippen molar-refractivity contribution in [1.82, 2.24) is 5.48 Å². The Morgan fingerprint density at radius 3 is 3.00 bits per heavy atom. The molecule has 0 saturated carbocycles. The van der Waals surface area contributed by atoms with Crippen molar-refractivity contribution in [2.24, 2.45) is 5.92 Å². The Morgan fingerprint density at radius 2 is 2.31 bits per heavy atom. The number of nitrogens with one attached hydrogen (secondary N) is 1. The van der Waals surface area contributed by atoms with Crippen LogP contribution in [0, 0.1) is 5.92 Å². The van der Waals surface area contributed by atoms with Gasteiger partial charge >= 0.3 is 0 Å². The van der Waals surface area contributed by atoms with Crippen molar-refractivity contribution in [2.45, 2.75) is 19.3 Å². The lowest BCUT2D eigenvalue weighted by molar-refractivity contribution is 0.000323. The van der Waals surface area contributed by atoms with Gasteiger partial charge in [-0.05, 0) is 25.2 Å². The van der Waals surface area contributed by atoms with Gasteiger partial charge in [0.1, 0.15) is 0 Å². The highest BCUT2D eigenvalue weighted by atomic mass is 16.7. The zero-order valence-electron chi connectivity index (χ0n) is 8.29. The molecular weight excluding hydrogens is 166 g/mol. The summed E-state index contributed by atoms with van der Waals surface area (Å²) in [7, 11) is 1.68. The van der Waals surface area contributed by atoms with Gasteiger partial charge in [-0.25, -0.2) is 5.48 Å². The van der Waals surface area contributed by atoms with Gasteiger partial charge in [0.15, 0.2) is 0 Å². The molecule has 76 valence electrons. The molecule has 1 atom stereocenters. The van der Waals surface area contributed by atoms with Gasteiger partial charge in [-0.3, -0.25) is 4.84 Å². The molecule has 13 heavy (non-hydrogen) atoms. The number of hydroxylamine groups is 1. The molecule has 0 saturated heterocycles. The molecule has 1 rings (SSSR count). The number of hydrogen-bond donors (Lipinski definition) is 1. The van der Waals surface area contributed by atoms with Crippen LogP contribution in [0.3, 0.4) is 0 Å². The van der Waals surface area contributed by atoms with Crippen LogP contribution < -0.4 is 5.48 Å². The van der Waals surface area contributed by atoms with Crippen LogP contribution in [-0.2, 0) is 9.57 Å². The first kappa shape index (κ1) is 10.7. The van der Waals surface area contributed by atoms with E-state index in [9.17, 15) is 0 Å². The van der Waals surface area contributed by atoms with E-state index in [0.29, 0.717) is 13.2 Å². The van der Waals surface area contributed by atoms with Gasteiger partial charge in [0, 0.05) is 13.7 Å². The van der Waals surface area contributed by atoms with Crippen LogP contribution in [-0.4, -0.2) is 26.9 Å². The van der Waals surface area contributed by atoms with Gasteiger partial charge in [0.2, 0.25) is 0 Å². The molecule has 0 amide bonds. The Bertz CT molecular complexity index is 148. The second kappa shape index (κ2) is 7.06. The fourth-order valence-electron chi connectivity index (χ4n) is 1.42. The Labute approximate surface area is 80.1 Å². The number of ether oxygens (including phenoxy) is 1. The average molecular weight is 185 g/mol. The molecule has 0 radical (unpaired) electrons. The van der Waals surface area contributed by atoms with E-state index in [-0.39, 0.29) is 0 Å². The molecule has 1 aliphatic carbocycles. The van der Waals surface area contributed by atoms with E-state index < -0.39 is 0 Å². The molecule has 1 unspecified atom stereocenters. The average Bonchev–Trinajstić information content (AvgIpc) is 2.19. The summed E-state index contributed by atoms with van der Waals surface area (Å²) in [6.45, 7) is 2.23. The zero-order chi connectivity index (χ0) is 9.36. The second-order valence-electron chi connectivity index (χ2n) is 3.34. The van der Waals surface area contributed by atoms with Crippen molar-refractivity contribution < 1.29 is 9.57 Å². The minimum atomic E-state index is 0.624. The van der Waals surface area contributed by atoms with Crippen LogP contribution in [0.1, 0.15) is 19.3 Å². The summed E-state index contributed by atoms with van der Waals surface area (Å²) in [6.07, 6.45) is 8.18. The lowest BCUT2D eigenvalue weighted by atomic mass is 9.95. The summed E-state index contributed by atoms with van der Waals surface area (Å²) >= 11 is 0. The zero-order valence-corrected chi connectivity index (χ0v) is 8.29. The highest BCUT2D eigenvalue weighted by Crippen LogP contribution is 2.16. The lowest BCUT2D eigenvalue weighted by Crippen LogP contribution is -2.25. The highest BCUT2D eigenvalue weighted by Gasteiger charge is 2.08. The van der Waals surface area contributed by atoms with Gasteiger partial charge in [0.25, 0.3) is 0 Å². The van der Waals surface area contributed by atoms with E-state index in [1.165, 1.54) is 19.3 Å². The van der Waals surface area contributed by atoms with Crippen molar-refractivity contribution in [1.29, 1.82) is 0 Å². The summed E-state index contributed by atoms with van der Waals surface area (Å²) in [4.78, 5) is 5.18. The van der Waals surface area contributed by atoms with E-state index in [4.69, 9.17) is 9.57 Å². The molecule has 0 aliphatic heterocycles. The third kappa shape index (κ3) is 5.03. The molecule has 0 aromatic carbocycles. The SMILES string of the molecule is COCCONCC1CC=CCC1. The quantitative estimate of drug-likeness (QED) is 0.386. The largest absolute Gasteiger partial charge is 0.382 e. The molecular formula is C10H19NO2. The Hall–Kier alpha value is -0.380. The lowest BCUT2D eigenvalue weighted by Gasteiger charge is -2.17. The topological polar surface area (TPSA) is 30.5 Å². The van der Waals surface area contributed by atoms with Crippen molar-refractivity contribution in [3.05, 3.63) is 12.2 Å². The third-order valence-electron chi connectivity index (χ3n) is 2.24. The van der Waals surface area contributed by atoms with Crippen molar-refractivity contribution >= 4 is 0 Å². The van der Waals surface area contributed by atoms with Gasteiger partial charge in [-0.2, -0.15) is 0 Å². The standard InChI is InChI=1S/C10H19NO2/c1-12-7-8-13-11-9-10-5-3-2-4-6-10/h2-3,10-11H,4-9H2,1H3. The molecule has 3 nitrogen and oxygen atoms in total. The van der Waals surface area contributed by atoms with Crippen LogP contribution in [0.5, 0.6) is 0 Å². The molecule has 0 aromatic rings. The van der Waals surface area contributed by atoms with Crippen molar-refractivity contribution in [3.8, 4) is 0 Å². The maximum Gasteiger partial charge on any atom is 0.0915 e. The third-order valence-corrected chi connectivity index (χ3v) is 2.24. The first-order valence-corrected chi connectivity index (χ1v) is 4.92. The first-order valence-electron chi connectivity index (χ1n) is 4.92. The Morgan fingerprint density at radius 1 is 1.38 bits per heavy atom. The molecule has 1 aliphatic rings. The number of allylic oxidation sites excluding steroid dienone is 2. The molecule has 0 bridgehead atoms. The van der Waals surface area contributed by atoms with E-state index in [1.807, 2.05) is 0 Å². The fourth-order valence-corrected chi connectivity index (χ4v) is 1.42. The smallest absolute Gasteiger partial charge is 0.0915 e. The second-order valence-corrected chi connectivity index (χ2v) is 3.34. The van der Waals surface area contributed by atoms with Crippen molar-refractivity contribution in [2.75, 3.05) is 26.9 Å². The van der Waals surface area contributed by atoms with Crippen LogP contribution in [0.15, 0.2) is 12.2 Å². The summed E-state index contributed by atoms with van der Waals surface area (Å²) < 4.78 is 4.86. The van der Waals surface area contributed by atoms with Gasteiger partial charge in [0.05, 0.1) is 13.2 Å². The number of hydrogen-bond acceptors (Lipinski definition) is 3. The van der Waals surface area contributed by atoms with Gasteiger partial charge < -0.3 is 4.74 Å². The molecule has 3 heteroatoms. The van der Waals surface area contributed by atoms with Crippen LogP contribution in [0.2, 0.25) is 0 Å². The fraction of sp³-hybridized carbons (Fsp3) is 0.800. The molecule has 0 fully saturated rings. The monoisotopic (exact) mass is 185 g/mol. The molecule has 1 N–H and O–H groups in total. The van der Waals surface area contributed by atoms with E-state index >= 15 is 0 Å². The van der Waals surface area contributed by atoms with Gasteiger partial charge in [-0.1, -0.05) is 12.2 Å². The Kier molecular flexibility index (Phi) is 5.81. The van der Waals surface area contributed by atoms with E-state index in [0.717, 1.165) is 12.5 Å². The minimum absolute atomic E-state index is 0.624. The maximum absolute atomic E-state index is 5.18. The van der Waals surface area contributed by atoms with Gasteiger partial charge in [-0.15, -0.1) is 0 Å². The van der Waals surface area contributed by atoms with Crippen LogP contribution in [0.25, 0.3) is 0 Å². The summed E-state index contributed by atoms with van der Waals surface area (Å²) in [5.41, 5.74) is 2.98. The molecule has 0 aromatic heterocycles. The maximum atomic E-state index is 5.18. The summed E-state index contributed by atoms with van der Waals surface area (Å²) in [5, 5.41) is 0.